The average Bonchev–Trinajstić information content (AvgIpc) is 0.769. The summed E-state index contributed by atoms with van der Waals surface area (Å²) in [6.45, 7) is -3.20. The van der Waals surface area contributed by atoms with Gasteiger partial charge in [0.25, 0.3) is 0 Å². The molecule has 0 aromatic rings. The van der Waals surface area contributed by atoms with Crippen molar-refractivity contribution in [3.63, 3.8) is 0 Å². The molecular formula is C62H104N4O45. The molecule has 9 fully saturated rings. The van der Waals surface area contributed by atoms with Gasteiger partial charge in [0.2, 0.25) is 23.6 Å². The predicted molar refractivity (Wildman–Crippen MR) is 342 cm³/mol. The topological polar surface area (TPSA) is 759 Å². The number of ether oxygens (including phenoxy) is 17. The third kappa shape index (κ3) is 20.3. The van der Waals surface area contributed by atoms with Crippen LogP contribution in [0, 0.1) is 0 Å². The molecule has 0 spiro atoms. The summed E-state index contributed by atoms with van der Waals surface area (Å²) in [5, 5.41) is 276. The van der Waals surface area contributed by atoms with Crippen LogP contribution in [0.25, 0.3) is 0 Å². The SMILES string of the molecule is CC(=O)N[C@@H]1[C@@H](O)[C@H](O[C@@H]2O[C@H](CO)[C@@H](O[C@@H]3O[C@H](CO[C@H]4O[C@H](CO)[C@@H](O)[C@H](O)[C@@H]4O[C@@H]4O[C@H](CO)[C@@H](O[C@@H]5O[C@H](CO)[C@H](O)[C@H](O)[C@H]5O)[C@H](O)[C@H]4NC(C)=O)[C@@H](O)[C@H](O[C@H]4O[C@H](CO)[C@@H](O[C@@H]5O[C@H](CO)[C@@H](O)[C@H](O)[C@H]5NC(C)=O)[C@H](O)[C@@H]4O)[C@@H]3O)[C@H](O)[C@H]2NC(C)=O)[C@@H](CO[C@@H]2O[C@@H](C)[C@@H](O)[C@@H](O)[C@@H]2O)O[C@H]1O. The second-order valence-electron chi connectivity index (χ2n) is 28.2. The van der Waals surface area contributed by atoms with Crippen LogP contribution in [0.4, 0.5) is 0 Å². The maximum Gasteiger partial charge on any atom is 0.217 e. The Labute approximate surface area is 629 Å². The van der Waals surface area contributed by atoms with E-state index >= 15 is 0 Å². The van der Waals surface area contributed by atoms with Crippen LogP contribution in [0.5, 0.6) is 0 Å². The third-order valence-corrected chi connectivity index (χ3v) is 20.3. The molecule has 49 heteroatoms. The summed E-state index contributed by atoms with van der Waals surface area (Å²) in [6.07, 6.45) is -82.3. The Morgan fingerprint density at radius 2 is 0.550 bits per heavy atom. The van der Waals surface area contributed by atoms with Crippen LogP contribution in [-0.4, -0.2) is 475 Å². The number of carbonyl (C=O) groups excluding carboxylic acids is 4. The lowest BCUT2D eigenvalue weighted by Gasteiger charge is -2.51. The summed E-state index contributed by atoms with van der Waals surface area (Å²) in [7, 11) is 0. The lowest BCUT2D eigenvalue weighted by atomic mass is 9.93. The van der Waals surface area contributed by atoms with E-state index in [1.807, 2.05) is 0 Å². The van der Waals surface area contributed by atoms with E-state index in [-0.39, 0.29) is 0 Å². The number of nitrogens with one attached hydrogen (secondary N) is 4. The minimum atomic E-state index is -2.51. The Kier molecular flexibility index (Phi) is 32.6. The van der Waals surface area contributed by atoms with Crippen LogP contribution in [-0.2, 0) is 99.7 Å². The molecule has 49 nitrogen and oxygen atoms in total. The molecule has 111 heavy (non-hydrogen) atoms. The molecule has 28 N–H and O–H groups in total. The first-order valence-corrected chi connectivity index (χ1v) is 35.5. The number of hydrogen-bond donors (Lipinski definition) is 28. The summed E-state index contributed by atoms with van der Waals surface area (Å²) in [5.74, 6) is -3.51. The van der Waals surface area contributed by atoms with Gasteiger partial charge < -0.3 is 224 Å². The average molecular weight is 1630 g/mol. The Bertz CT molecular complexity index is 2950. The van der Waals surface area contributed by atoms with Gasteiger partial charge in [0.05, 0.1) is 59.0 Å². The molecule has 0 bridgehead atoms. The Balaban J connectivity index is 1.02. The van der Waals surface area contributed by atoms with Crippen molar-refractivity contribution in [2.45, 2.75) is 311 Å². The molecule has 9 aliphatic heterocycles. The van der Waals surface area contributed by atoms with Crippen LogP contribution in [0.2, 0.25) is 0 Å². The Morgan fingerprint density at radius 1 is 0.252 bits per heavy atom. The molecule has 4 amide bonds. The largest absolute Gasteiger partial charge is 0.394 e. The molecule has 0 aromatic carbocycles. The van der Waals surface area contributed by atoms with Gasteiger partial charge >= 0.3 is 0 Å². The van der Waals surface area contributed by atoms with Gasteiger partial charge in [-0.1, -0.05) is 0 Å². The van der Waals surface area contributed by atoms with Crippen molar-refractivity contribution in [2.75, 3.05) is 52.9 Å². The second-order valence-corrected chi connectivity index (χ2v) is 28.2. The van der Waals surface area contributed by atoms with Crippen molar-refractivity contribution in [1.29, 1.82) is 0 Å². The van der Waals surface area contributed by atoms with Crippen molar-refractivity contribution in [2.24, 2.45) is 0 Å². The van der Waals surface area contributed by atoms with Crippen molar-refractivity contribution in [1.82, 2.24) is 21.3 Å². The zero-order valence-corrected chi connectivity index (χ0v) is 59.9. The van der Waals surface area contributed by atoms with E-state index < -0.39 is 353 Å². The Morgan fingerprint density at radius 3 is 1.03 bits per heavy atom. The molecular weight excluding hydrogens is 1520 g/mol. The van der Waals surface area contributed by atoms with Crippen LogP contribution >= 0.6 is 0 Å². The number of hydrogen-bond acceptors (Lipinski definition) is 45. The molecule has 0 unspecified atom stereocenters. The molecule has 0 saturated carbocycles. The normalized spacial score (nSPS) is 49.3. The van der Waals surface area contributed by atoms with Crippen molar-refractivity contribution in [3.8, 4) is 0 Å². The molecule has 0 radical (unpaired) electrons. The minimum Gasteiger partial charge on any atom is -0.394 e. The van der Waals surface area contributed by atoms with Gasteiger partial charge in [0, 0.05) is 27.7 Å². The van der Waals surface area contributed by atoms with E-state index in [1.54, 1.807) is 0 Å². The van der Waals surface area contributed by atoms with Crippen LogP contribution in [0.3, 0.4) is 0 Å². The molecule has 9 aliphatic rings. The maximum absolute atomic E-state index is 13.1. The number of amides is 4. The fraction of sp³-hybridized carbons (Fsp3) is 0.935. The number of rotatable bonds is 28. The second kappa shape index (κ2) is 39.7. The number of carbonyl (C=O) groups is 4. The van der Waals surface area contributed by atoms with E-state index in [2.05, 4.69) is 21.3 Å². The lowest BCUT2D eigenvalue weighted by molar-refractivity contribution is -0.393. The van der Waals surface area contributed by atoms with E-state index in [9.17, 15) is 142 Å². The van der Waals surface area contributed by atoms with E-state index in [0.717, 1.165) is 27.7 Å². The smallest absolute Gasteiger partial charge is 0.217 e. The summed E-state index contributed by atoms with van der Waals surface area (Å²) in [6, 6.07) is -7.24. The molecule has 9 saturated heterocycles. The molecule has 0 aliphatic carbocycles. The number of aliphatic hydroxyl groups excluding tert-OH is 24. The summed E-state index contributed by atoms with van der Waals surface area (Å²) >= 11 is 0. The quantitative estimate of drug-likeness (QED) is 0.0346. The van der Waals surface area contributed by atoms with Gasteiger partial charge in [0.15, 0.2) is 56.6 Å². The molecule has 45 atom stereocenters. The predicted octanol–water partition coefficient (Wildman–Crippen LogP) is -19.0. The summed E-state index contributed by atoms with van der Waals surface area (Å²) in [5.41, 5.74) is 0. The van der Waals surface area contributed by atoms with Crippen LogP contribution in [0.1, 0.15) is 34.6 Å². The fourth-order valence-corrected chi connectivity index (χ4v) is 14.3. The first-order chi connectivity index (χ1) is 52.4. The number of aliphatic hydroxyl groups is 24. The van der Waals surface area contributed by atoms with Gasteiger partial charge in [0.1, 0.15) is 213 Å². The lowest BCUT2D eigenvalue weighted by Crippen LogP contribution is -2.70. The van der Waals surface area contributed by atoms with Gasteiger partial charge in [-0.05, 0) is 6.92 Å². The highest BCUT2D eigenvalue weighted by Gasteiger charge is 2.60. The summed E-state index contributed by atoms with van der Waals surface area (Å²) in [4.78, 5) is 50.6. The van der Waals surface area contributed by atoms with E-state index in [4.69, 9.17) is 80.5 Å². The van der Waals surface area contributed by atoms with Gasteiger partial charge in [-0.25, -0.2) is 0 Å². The maximum atomic E-state index is 13.1. The standard InChI is InChI=1S/C62H104N4O45/c1-14-31(77)40(86)44(90)58(97-14)95-13-26-51(37(83)27(54(94)98-26)63-15(2)73)107-56-29(65-17(4)75)38(84)49(23(10-71)102-56)109-61-47(93)52(110-60-46(92)43(89)50(24(11-72)104-60)106-55-28(64-16(3)74)36(82)32(78)19(6-67)99-55)35(81)25(105-61)12-96-62-53(42(88)34(80)21(8-69)101-62)111-57-30(66-18(5)76)39(85)48(22(9-70)103-57)108-59-45(91)41(87)33(79)20(7-68)100-59/h14,19-62,67-72,77-94H,6-13H2,1-5H3,(H,63,73)(H,64,74)(H,65,75)(H,66,76)/t14-,19+,20+,21+,22+,23+,24+,25+,26+,27+,28+,29+,30+,31+,32+,33-,34+,35+,36+,37+,38+,39+,40+,41-,42-,43+,44-,45+,46-,47-,48+,49+,50+,51+,52-,53-,54+,55-,56-,57-,58+,59-,60+,61-,62-/m0/s1. The highest BCUT2D eigenvalue weighted by Crippen LogP contribution is 2.39. The first-order valence-electron chi connectivity index (χ1n) is 35.5. The van der Waals surface area contributed by atoms with Crippen molar-refractivity contribution < 1.29 is 222 Å². The highest BCUT2D eigenvalue weighted by molar-refractivity contribution is 5.74. The highest BCUT2D eigenvalue weighted by atomic mass is 16.8. The van der Waals surface area contributed by atoms with Gasteiger partial charge in [-0.3, -0.25) is 19.2 Å². The van der Waals surface area contributed by atoms with Crippen LogP contribution in [0.15, 0.2) is 0 Å². The monoisotopic (exact) mass is 1620 g/mol. The first kappa shape index (κ1) is 91.1. The third-order valence-electron chi connectivity index (χ3n) is 20.3. The minimum absolute atomic E-state index is 0.810. The Hall–Kier alpha value is -3.76. The molecule has 9 heterocycles. The molecule has 9 rings (SSSR count). The molecule has 642 valence electrons. The van der Waals surface area contributed by atoms with Crippen LogP contribution < -0.4 is 21.3 Å². The zero-order chi connectivity index (χ0) is 81.8. The molecule has 0 aromatic heterocycles. The fourth-order valence-electron chi connectivity index (χ4n) is 14.3. The summed E-state index contributed by atoms with van der Waals surface area (Å²) < 4.78 is 100. The van der Waals surface area contributed by atoms with Crippen molar-refractivity contribution >= 4 is 23.6 Å². The van der Waals surface area contributed by atoms with Crippen molar-refractivity contribution in [3.05, 3.63) is 0 Å². The van der Waals surface area contributed by atoms with E-state index in [1.165, 1.54) is 6.92 Å². The van der Waals surface area contributed by atoms with Gasteiger partial charge in [-0.2, -0.15) is 0 Å². The van der Waals surface area contributed by atoms with E-state index in [0.29, 0.717) is 0 Å². The zero-order valence-electron chi connectivity index (χ0n) is 59.9. The van der Waals surface area contributed by atoms with Gasteiger partial charge in [-0.15, -0.1) is 0 Å².